The van der Waals surface area contributed by atoms with E-state index in [0.717, 1.165) is 31.1 Å². The van der Waals surface area contributed by atoms with E-state index in [1.807, 2.05) is 17.8 Å². The van der Waals surface area contributed by atoms with Crippen molar-refractivity contribution in [2.75, 3.05) is 19.0 Å². The predicted octanol–water partition coefficient (Wildman–Crippen LogP) is 1.94. The first-order valence-electron chi connectivity index (χ1n) is 5.36. The van der Waals surface area contributed by atoms with E-state index in [-0.39, 0.29) is 6.10 Å². The molecule has 2 nitrogen and oxygen atoms in total. The number of rotatable bonds is 4. The van der Waals surface area contributed by atoms with E-state index in [4.69, 9.17) is 0 Å². The van der Waals surface area contributed by atoms with Crippen LogP contribution in [0.5, 0.6) is 0 Å². The van der Waals surface area contributed by atoms with E-state index in [1.54, 1.807) is 0 Å². The van der Waals surface area contributed by atoms with Gasteiger partial charge in [-0.1, -0.05) is 30.3 Å². The van der Waals surface area contributed by atoms with E-state index in [2.05, 4.69) is 29.2 Å². The van der Waals surface area contributed by atoms with Crippen LogP contribution in [0.1, 0.15) is 12.0 Å². The Hall–Kier alpha value is -0.510. The maximum absolute atomic E-state index is 9.37. The van der Waals surface area contributed by atoms with Gasteiger partial charge in [-0.2, -0.15) is 0 Å². The van der Waals surface area contributed by atoms with Crippen LogP contribution in [0.25, 0.3) is 0 Å². The van der Waals surface area contributed by atoms with Crippen LogP contribution < -0.4 is 0 Å². The molecule has 1 aromatic rings. The zero-order chi connectivity index (χ0) is 10.5. The lowest BCUT2D eigenvalue weighted by Gasteiger charge is -2.13. The Morgan fingerprint density at radius 1 is 1.33 bits per heavy atom. The summed E-state index contributed by atoms with van der Waals surface area (Å²) in [5.74, 6) is 2.10. The van der Waals surface area contributed by atoms with Crippen molar-refractivity contribution < 1.29 is 5.11 Å². The van der Waals surface area contributed by atoms with Crippen LogP contribution in [-0.2, 0) is 5.75 Å². The van der Waals surface area contributed by atoms with Gasteiger partial charge in [0.15, 0.2) is 0 Å². The smallest absolute Gasteiger partial charge is 0.0679 e. The summed E-state index contributed by atoms with van der Waals surface area (Å²) in [6.45, 7) is 1.89. The van der Waals surface area contributed by atoms with Crippen LogP contribution in [0, 0.1) is 0 Å². The highest BCUT2D eigenvalue weighted by atomic mass is 32.2. The zero-order valence-electron chi connectivity index (χ0n) is 8.80. The Morgan fingerprint density at radius 3 is 2.80 bits per heavy atom. The molecule has 1 N–H and O–H groups in total. The number of hydrogen-bond donors (Lipinski definition) is 1. The Bertz CT molecular complexity index is 291. The van der Waals surface area contributed by atoms with Crippen molar-refractivity contribution in [2.24, 2.45) is 0 Å². The number of nitrogens with zero attached hydrogens (tertiary/aromatic N) is 1. The molecule has 1 heterocycles. The van der Waals surface area contributed by atoms with Gasteiger partial charge in [0.1, 0.15) is 0 Å². The number of thioether (sulfide) groups is 1. The third-order valence-corrected chi connectivity index (χ3v) is 3.72. The highest BCUT2D eigenvalue weighted by molar-refractivity contribution is 7.98. The van der Waals surface area contributed by atoms with Gasteiger partial charge in [-0.3, -0.25) is 4.90 Å². The maximum Gasteiger partial charge on any atom is 0.0679 e. The second kappa shape index (κ2) is 5.54. The molecule has 0 aromatic heterocycles. The van der Waals surface area contributed by atoms with E-state index < -0.39 is 0 Å². The van der Waals surface area contributed by atoms with Crippen LogP contribution in [0.3, 0.4) is 0 Å². The number of hydrogen-bond acceptors (Lipinski definition) is 3. The Labute approximate surface area is 95.3 Å². The fourth-order valence-electron chi connectivity index (χ4n) is 1.80. The van der Waals surface area contributed by atoms with Gasteiger partial charge in [-0.15, -0.1) is 11.8 Å². The number of aliphatic hydroxyl groups excluding tert-OH is 1. The standard InChI is InChI=1S/C12H17NOS/c14-12-6-7-13(8-12)10-15-9-11-4-2-1-3-5-11/h1-5,12,14H,6-10H2. The van der Waals surface area contributed by atoms with Crippen molar-refractivity contribution in [3.8, 4) is 0 Å². The van der Waals surface area contributed by atoms with Gasteiger partial charge in [0.2, 0.25) is 0 Å². The van der Waals surface area contributed by atoms with Crippen LogP contribution in [0.15, 0.2) is 30.3 Å². The molecular formula is C12H17NOS. The molecule has 1 saturated heterocycles. The molecule has 1 aliphatic heterocycles. The summed E-state index contributed by atoms with van der Waals surface area (Å²) in [6.07, 6.45) is 0.841. The summed E-state index contributed by atoms with van der Waals surface area (Å²) in [5, 5.41) is 9.37. The van der Waals surface area contributed by atoms with E-state index in [9.17, 15) is 5.11 Å². The molecule has 15 heavy (non-hydrogen) atoms. The van der Waals surface area contributed by atoms with Crippen LogP contribution in [0.4, 0.5) is 0 Å². The van der Waals surface area contributed by atoms with Gasteiger partial charge in [0, 0.05) is 24.7 Å². The topological polar surface area (TPSA) is 23.5 Å². The minimum atomic E-state index is -0.0951. The second-order valence-electron chi connectivity index (χ2n) is 3.98. The van der Waals surface area contributed by atoms with Crippen molar-refractivity contribution in [2.45, 2.75) is 18.3 Å². The van der Waals surface area contributed by atoms with Gasteiger partial charge in [0.25, 0.3) is 0 Å². The predicted molar refractivity (Wildman–Crippen MR) is 64.8 cm³/mol. The Balaban J connectivity index is 1.67. The zero-order valence-corrected chi connectivity index (χ0v) is 9.62. The van der Waals surface area contributed by atoms with Crippen LogP contribution in [0.2, 0.25) is 0 Å². The average Bonchev–Trinajstić information content (AvgIpc) is 2.66. The maximum atomic E-state index is 9.37. The SMILES string of the molecule is OC1CCN(CSCc2ccccc2)C1. The minimum Gasteiger partial charge on any atom is -0.392 e. The molecule has 1 unspecified atom stereocenters. The summed E-state index contributed by atoms with van der Waals surface area (Å²) in [7, 11) is 0. The lowest BCUT2D eigenvalue weighted by molar-refractivity contribution is 0.181. The van der Waals surface area contributed by atoms with Crippen molar-refractivity contribution in [1.29, 1.82) is 0 Å². The molecule has 0 radical (unpaired) electrons. The molecule has 1 aliphatic rings. The highest BCUT2D eigenvalue weighted by Gasteiger charge is 2.19. The molecule has 0 bridgehead atoms. The highest BCUT2D eigenvalue weighted by Crippen LogP contribution is 2.16. The molecule has 2 rings (SSSR count). The molecule has 0 saturated carbocycles. The third-order valence-electron chi connectivity index (χ3n) is 2.63. The van der Waals surface area contributed by atoms with Gasteiger partial charge in [-0.25, -0.2) is 0 Å². The molecule has 3 heteroatoms. The first-order valence-corrected chi connectivity index (χ1v) is 6.52. The van der Waals surface area contributed by atoms with Gasteiger partial charge in [0.05, 0.1) is 6.10 Å². The fraction of sp³-hybridized carbons (Fsp3) is 0.500. The summed E-state index contributed by atoms with van der Waals surface area (Å²) in [4.78, 5) is 2.32. The van der Waals surface area contributed by atoms with Crippen molar-refractivity contribution >= 4 is 11.8 Å². The Kier molecular flexibility index (Phi) is 4.06. The summed E-state index contributed by atoms with van der Waals surface area (Å²) >= 11 is 1.92. The molecule has 1 atom stereocenters. The molecule has 0 aliphatic carbocycles. The van der Waals surface area contributed by atoms with Crippen molar-refractivity contribution in [1.82, 2.24) is 4.90 Å². The molecule has 0 spiro atoms. The molecule has 1 aromatic carbocycles. The lowest BCUT2D eigenvalue weighted by atomic mass is 10.2. The minimum absolute atomic E-state index is 0.0951. The molecule has 1 fully saturated rings. The lowest BCUT2D eigenvalue weighted by Crippen LogP contribution is -2.21. The first kappa shape index (κ1) is 11.0. The molecule has 0 amide bonds. The fourth-order valence-corrected chi connectivity index (χ4v) is 2.81. The number of β-amino-alcohol motifs (C(OH)–C–C–N with tert-alkyl or cyclic N) is 1. The first-order chi connectivity index (χ1) is 7.34. The number of benzene rings is 1. The van der Waals surface area contributed by atoms with Gasteiger partial charge >= 0.3 is 0 Å². The van der Waals surface area contributed by atoms with Crippen molar-refractivity contribution in [3.05, 3.63) is 35.9 Å². The van der Waals surface area contributed by atoms with Crippen LogP contribution >= 0.6 is 11.8 Å². The Morgan fingerprint density at radius 2 is 2.13 bits per heavy atom. The monoisotopic (exact) mass is 223 g/mol. The summed E-state index contributed by atoms with van der Waals surface area (Å²) in [6, 6.07) is 10.5. The second-order valence-corrected chi connectivity index (χ2v) is 4.94. The molecular weight excluding hydrogens is 206 g/mol. The molecule has 82 valence electrons. The average molecular weight is 223 g/mol. The van der Waals surface area contributed by atoms with Crippen molar-refractivity contribution in [3.63, 3.8) is 0 Å². The number of aliphatic hydroxyl groups is 1. The summed E-state index contributed by atoms with van der Waals surface area (Å²) in [5.41, 5.74) is 1.38. The van der Waals surface area contributed by atoms with E-state index >= 15 is 0 Å². The quantitative estimate of drug-likeness (QED) is 0.844. The largest absolute Gasteiger partial charge is 0.392 e. The summed E-state index contributed by atoms with van der Waals surface area (Å²) < 4.78 is 0. The van der Waals surface area contributed by atoms with Gasteiger partial charge < -0.3 is 5.11 Å². The van der Waals surface area contributed by atoms with E-state index in [0.29, 0.717) is 0 Å². The van der Waals surface area contributed by atoms with Gasteiger partial charge in [-0.05, 0) is 12.0 Å². The third kappa shape index (κ3) is 3.52. The normalized spacial score (nSPS) is 22.1. The van der Waals surface area contributed by atoms with Crippen LogP contribution in [-0.4, -0.2) is 35.1 Å². The number of likely N-dealkylation sites (tertiary alicyclic amines) is 1. The van der Waals surface area contributed by atoms with E-state index in [1.165, 1.54) is 5.56 Å².